The van der Waals surface area contributed by atoms with E-state index in [4.69, 9.17) is 0 Å². The molecule has 0 aliphatic carbocycles. The van der Waals surface area contributed by atoms with E-state index >= 15 is 0 Å². The van der Waals surface area contributed by atoms with Crippen molar-refractivity contribution >= 4 is 30.6 Å². The molecule has 8 heteroatoms. The van der Waals surface area contributed by atoms with Gasteiger partial charge in [0.15, 0.2) is 0 Å². The van der Waals surface area contributed by atoms with Gasteiger partial charge in [0.2, 0.25) is 0 Å². The number of carbonyl (C=O) groups is 2. The van der Waals surface area contributed by atoms with Crippen LogP contribution in [0.4, 0.5) is 0 Å². The number of aliphatic carboxylic acids is 1. The lowest BCUT2D eigenvalue weighted by molar-refractivity contribution is -0.139. The highest BCUT2D eigenvalue weighted by molar-refractivity contribution is 6.98. The van der Waals surface area contributed by atoms with Gasteiger partial charge in [-0.15, -0.1) is 0 Å². The molecule has 1 heterocycles. The van der Waals surface area contributed by atoms with Crippen molar-refractivity contribution in [3.63, 3.8) is 0 Å². The van der Waals surface area contributed by atoms with Gasteiger partial charge in [0.05, 0.1) is 11.4 Å². The lowest BCUT2D eigenvalue weighted by Gasteiger charge is -2.41. The van der Waals surface area contributed by atoms with Crippen LogP contribution >= 0.6 is 0 Å². The topological polar surface area (TPSA) is 104 Å². The van der Waals surface area contributed by atoms with Crippen LogP contribution in [0, 0.1) is 13.8 Å². The van der Waals surface area contributed by atoms with Gasteiger partial charge in [-0.25, -0.2) is 9.48 Å². The predicted octanol–water partition coefficient (Wildman–Crippen LogP) is 4.37. The minimum atomic E-state index is -3.19. The summed E-state index contributed by atoms with van der Waals surface area (Å²) in [5.74, 6) is -1.52. The van der Waals surface area contributed by atoms with E-state index in [0.717, 1.165) is 27.4 Å². The number of benzene rings is 3. The number of rotatable bonds is 11. The maximum Gasteiger partial charge on any atom is 0.326 e. The second-order valence-electron chi connectivity index (χ2n) is 11.0. The molecule has 0 saturated heterocycles. The minimum Gasteiger partial charge on any atom is -0.480 e. The van der Waals surface area contributed by atoms with Crippen molar-refractivity contribution in [2.75, 3.05) is 0 Å². The fourth-order valence-corrected chi connectivity index (χ4v) is 9.16. The molecule has 1 aromatic heterocycles. The van der Waals surface area contributed by atoms with E-state index < -0.39 is 31.3 Å². The molecular formula is C32H37N3O4Si. The molecule has 0 fully saturated rings. The normalized spacial score (nSPS) is 12.6. The van der Waals surface area contributed by atoms with Crippen LogP contribution < -0.4 is 15.7 Å². The van der Waals surface area contributed by atoms with Gasteiger partial charge in [0.1, 0.15) is 6.04 Å². The third kappa shape index (κ3) is 6.08. The first-order valence-corrected chi connectivity index (χ1v) is 15.5. The Bertz CT molecular complexity index is 1410. The van der Waals surface area contributed by atoms with Gasteiger partial charge >= 0.3 is 5.97 Å². The second kappa shape index (κ2) is 12.0. The fourth-order valence-electron chi connectivity index (χ4n) is 5.38. The Morgan fingerprint density at radius 1 is 0.925 bits per heavy atom. The summed E-state index contributed by atoms with van der Waals surface area (Å²) in [5.41, 5.74) is 3.10. The van der Waals surface area contributed by atoms with E-state index in [1.807, 2.05) is 80.6 Å². The number of hydrogen-bond donors (Lipinski definition) is 3. The first-order chi connectivity index (χ1) is 19.0. The van der Waals surface area contributed by atoms with E-state index in [2.05, 4.69) is 24.3 Å². The Balaban J connectivity index is 1.45. The maximum atomic E-state index is 12.9. The maximum absolute atomic E-state index is 12.9. The summed E-state index contributed by atoms with van der Waals surface area (Å²) in [7, 11) is -3.19. The molecular weight excluding hydrogens is 518 g/mol. The highest BCUT2D eigenvalue weighted by atomic mass is 28.4. The van der Waals surface area contributed by atoms with Crippen LogP contribution in [0.25, 0.3) is 5.69 Å². The third-order valence-electron chi connectivity index (χ3n) is 7.64. The third-order valence-corrected chi connectivity index (χ3v) is 12.2. The molecule has 4 rings (SSSR count). The van der Waals surface area contributed by atoms with E-state index in [1.54, 1.807) is 28.9 Å². The van der Waals surface area contributed by atoms with Crippen LogP contribution in [0.3, 0.4) is 0 Å². The standard InChI is InChI=1S/C32H37N3O4Si/c1-23-22-24(2)35(34-23)26-19-17-25(18-20-26)30(36)33-29(31(37)38)16-11-21-32(3,4)40(39,27-12-7-5-8-13-27)28-14-9-6-10-15-28/h5-10,12-15,17-20,22,29,39H,11,16,21H2,1-4H3,(H,33,36)(H,37,38)/t29-/m0/s1. The molecule has 40 heavy (non-hydrogen) atoms. The Kier molecular flexibility index (Phi) is 8.71. The number of hydrogen-bond acceptors (Lipinski definition) is 4. The van der Waals surface area contributed by atoms with E-state index in [0.29, 0.717) is 18.4 Å². The Morgan fingerprint density at radius 3 is 1.95 bits per heavy atom. The van der Waals surface area contributed by atoms with Crippen molar-refractivity contribution in [3.05, 3.63) is 108 Å². The van der Waals surface area contributed by atoms with Crippen molar-refractivity contribution in [2.45, 2.75) is 58.0 Å². The summed E-state index contributed by atoms with van der Waals surface area (Å²) >= 11 is 0. The lowest BCUT2D eigenvalue weighted by Crippen LogP contribution is -2.65. The molecule has 0 spiro atoms. The highest BCUT2D eigenvalue weighted by Gasteiger charge is 2.49. The summed E-state index contributed by atoms with van der Waals surface area (Å²) < 4.78 is 1.80. The predicted molar refractivity (Wildman–Crippen MR) is 160 cm³/mol. The van der Waals surface area contributed by atoms with Crippen LogP contribution in [-0.4, -0.2) is 45.9 Å². The number of carboxylic acids is 1. The molecule has 0 radical (unpaired) electrons. The van der Waals surface area contributed by atoms with Crippen LogP contribution in [0.15, 0.2) is 91.0 Å². The summed E-state index contributed by atoms with van der Waals surface area (Å²) in [6.07, 6.45) is 1.37. The molecule has 0 saturated carbocycles. The van der Waals surface area contributed by atoms with Gasteiger partial charge < -0.3 is 15.2 Å². The van der Waals surface area contributed by atoms with Crippen molar-refractivity contribution in [1.82, 2.24) is 15.1 Å². The largest absolute Gasteiger partial charge is 0.480 e. The zero-order valence-electron chi connectivity index (χ0n) is 23.5. The fraction of sp³-hybridized carbons (Fsp3) is 0.281. The molecule has 3 N–H and O–H groups in total. The first-order valence-electron chi connectivity index (χ1n) is 13.5. The summed E-state index contributed by atoms with van der Waals surface area (Å²) in [4.78, 5) is 37.3. The molecule has 208 valence electrons. The number of carbonyl (C=O) groups excluding carboxylic acids is 1. The van der Waals surface area contributed by atoms with Crippen LogP contribution in [0.1, 0.15) is 54.9 Å². The Hall–Kier alpha value is -4.01. The summed E-state index contributed by atoms with van der Waals surface area (Å²) in [6, 6.07) is 27.4. The molecule has 1 amide bonds. The number of aromatic nitrogens is 2. The number of nitrogens with zero attached hydrogens (tertiary/aromatic N) is 2. The Morgan fingerprint density at radius 2 is 1.48 bits per heavy atom. The second-order valence-corrected chi connectivity index (χ2v) is 14.9. The van der Waals surface area contributed by atoms with Gasteiger partial charge in [-0.05, 0) is 72.4 Å². The molecule has 0 aliphatic heterocycles. The number of aryl methyl sites for hydroxylation is 2. The Labute approximate surface area is 236 Å². The zero-order valence-corrected chi connectivity index (χ0v) is 24.5. The average Bonchev–Trinajstić information content (AvgIpc) is 3.30. The van der Waals surface area contributed by atoms with Gasteiger partial charge in [-0.3, -0.25) is 4.79 Å². The molecule has 0 unspecified atom stereocenters. The summed E-state index contributed by atoms with van der Waals surface area (Å²) in [6.45, 7) is 7.99. The van der Waals surface area contributed by atoms with E-state index in [1.165, 1.54) is 0 Å². The van der Waals surface area contributed by atoms with Gasteiger partial charge in [-0.2, -0.15) is 5.10 Å². The molecule has 3 aromatic carbocycles. The number of amides is 1. The molecule has 7 nitrogen and oxygen atoms in total. The smallest absolute Gasteiger partial charge is 0.326 e. The van der Waals surface area contributed by atoms with Crippen LogP contribution in [0.5, 0.6) is 0 Å². The van der Waals surface area contributed by atoms with E-state index in [9.17, 15) is 19.5 Å². The molecule has 0 aliphatic rings. The highest BCUT2D eigenvalue weighted by Crippen LogP contribution is 2.40. The SMILES string of the molecule is Cc1cc(C)n(-c2ccc(C(=O)N[C@@H](CCCC(C)(C)[Si](O)(c3ccccc3)c3ccccc3)C(=O)O)cc2)n1. The van der Waals surface area contributed by atoms with Crippen LogP contribution in [-0.2, 0) is 4.79 Å². The van der Waals surface area contributed by atoms with Gasteiger partial charge in [-0.1, -0.05) is 80.9 Å². The molecule has 4 aromatic rings. The van der Waals surface area contributed by atoms with Gasteiger partial charge in [0.25, 0.3) is 14.2 Å². The lowest BCUT2D eigenvalue weighted by atomic mass is 10.0. The van der Waals surface area contributed by atoms with Crippen molar-refractivity contribution in [1.29, 1.82) is 0 Å². The van der Waals surface area contributed by atoms with Gasteiger partial charge in [0, 0.05) is 11.3 Å². The first kappa shape index (κ1) is 29.0. The van der Waals surface area contributed by atoms with Crippen LogP contribution in [0.2, 0.25) is 5.04 Å². The average molecular weight is 556 g/mol. The van der Waals surface area contributed by atoms with Crippen molar-refractivity contribution < 1.29 is 19.5 Å². The van der Waals surface area contributed by atoms with E-state index in [-0.39, 0.29) is 6.42 Å². The quantitative estimate of drug-likeness (QED) is 0.238. The van der Waals surface area contributed by atoms with Crippen molar-refractivity contribution in [2.24, 2.45) is 0 Å². The number of nitrogens with one attached hydrogen (secondary N) is 1. The molecule has 1 atom stereocenters. The molecule has 0 bridgehead atoms. The number of carboxylic acid groups (broad SMARTS) is 1. The van der Waals surface area contributed by atoms with Crippen molar-refractivity contribution in [3.8, 4) is 5.69 Å². The zero-order chi connectivity index (χ0) is 28.9. The minimum absolute atomic E-state index is 0.252. The monoisotopic (exact) mass is 555 g/mol. The summed E-state index contributed by atoms with van der Waals surface area (Å²) in [5, 5.41) is 18.3.